The number of amides is 1. The smallest absolute Gasteiger partial charge is 0.228 e. The van der Waals surface area contributed by atoms with Crippen LogP contribution in [0, 0.1) is 11.3 Å². The molecule has 2 aromatic rings. The molecule has 2 aliphatic rings. The van der Waals surface area contributed by atoms with Gasteiger partial charge in [-0.1, -0.05) is 6.92 Å². The number of pyridine rings is 1. The van der Waals surface area contributed by atoms with Crippen LogP contribution < -0.4 is 0 Å². The Labute approximate surface area is 159 Å². The second-order valence-corrected chi connectivity index (χ2v) is 8.48. The van der Waals surface area contributed by atoms with Crippen molar-refractivity contribution in [3.63, 3.8) is 0 Å². The van der Waals surface area contributed by atoms with Crippen molar-refractivity contribution in [2.45, 2.75) is 44.7 Å². The first-order valence-electron chi connectivity index (χ1n) is 9.91. The Bertz CT molecular complexity index is 842. The number of aryl methyl sites for hydroxylation is 1. The van der Waals surface area contributed by atoms with Gasteiger partial charge in [-0.25, -0.2) is 9.37 Å². The minimum atomic E-state index is -1.38. The van der Waals surface area contributed by atoms with Gasteiger partial charge < -0.3 is 14.6 Å². The zero-order valence-corrected chi connectivity index (χ0v) is 16.1. The lowest BCUT2D eigenvalue weighted by molar-refractivity contribution is -0.154. The van der Waals surface area contributed by atoms with Gasteiger partial charge >= 0.3 is 0 Å². The molecule has 6 heteroatoms. The number of rotatable bonds is 4. The Balaban J connectivity index is 1.42. The van der Waals surface area contributed by atoms with Crippen LogP contribution in [0.1, 0.15) is 44.7 Å². The van der Waals surface area contributed by atoms with Crippen LogP contribution in [0.4, 0.5) is 4.39 Å². The number of hydrogen-bond donors (Lipinski definition) is 1. The molecule has 4 rings (SSSR count). The van der Waals surface area contributed by atoms with E-state index in [0.29, 0.717) is 38.0 Å². The number of alkyl halides is 1. The summed E-state index contributed by atoms with van der Waals surface area (Å²) in [6.45, 7) is 3.22. The number of aromatic nitrogens is 2. The highest BCUT2D eigenvalue weighted by atomic mass is 19.1. The largest absolute Gasteiger partial charge is 0.396 e. The van der Waals surface area contributed by atoms with Crippen molar-refractivity contribution in [2.24, 2.45) is 18.4 Å². The van der Waals surface area contributed by atoms with Crippen LogP contribution in [0.3, 0.4) is 0 Å². The molecule has 1 N–H and O–H groups in total. The van der Waals surface area contributed by atoms with Crippen molar-refractivity contribution in [3.05, 3.63) is 30.1 Å². The molecule has 1 aliphatic heterocycles. The fourth-order valence-electron chi connectivity index (χ4n) is 4.69. The summed E-state index contributed by atoms with van der Waals surface area (Å²) in [5.74, 6) is -0.258. The number of hydrogen-bond acceptors (Lipinski definition) is 3. The summed E-state index contributed by atoms with van der Waals surface area (Å²) in [7, 11) is 1.93. The van der Waals surface area contributed by atoms with E-state index in [1.807, 2.05) is 47.8 Å². The Morgan fingerprint density at radius 3 is 2.59 bits per heavy atom. The summed E-state index contributed by atoms with van der Waals surface area (Å²) < 4.78 is 17.6. The maximum Gasteiger partial charge on any atom is 0.228 e. The number of fused-ring (bicyclic) bond motifs is 1. The zero-order chi connectivity index (χ0) is 19.2. The van der Waals surface area contributed by atoms with Gasteiger partial charge in [-0.2, -0.15) is 0 Å². The molecule has 1 saturated carbocycles. The van der Waals surface area contributed by atoms with Gasteiger partial charge in [-0.15, -0.1) is 0 Å². The van der Waals surface area contributed by atoms with E-state index in [-0.39, 0.29) is 23.8 Å². The Kier molecular flexibility index (Phi) is 4.49. The fourth-order valence-corrected chi connectivity index (χ4v) is 4.69. The molecule has 2 fully saturated rings. The maximum atomic E-state index is 15.7. The van der Waals surface area contributed by atoms with Crippen molar-refractivity contribution < 1.29 is 14.3 Å². The van der Waals surface area contributed by atoms with Crippen LogP contribution in [0.15, 0.2) is 24.4 Å². The molecular weight excluding hydrogens is 345 g/mol. The Hall–Kier alpha value is -1.95. The van der Waals surface area contributed by atoms with Crippen LogP contribution in [0.25, 0.3) is 11.0 Å². The van der Waals surface area contributed by atoms with E-state index in [1.165, 1.54) is 0 Å². The first-order chi connectivity index (χ1) is 12.9. The van der Waals surface area contributed by atoms with Gasteiger partial charge in [0.2, 0.25) is 5.91 Å². The van der Waals surface area contributed by atoms with Crippen LogP contribution in [-0.4, -0.2) is 45.2 Å². The molecule has 3 heterocycles. The zero-order valence-electron chi connectivity index (χ0n) is 16.1. The summed E-state index contributed by atoms with van der Waals surface area (Å²) in [6, 6.07) is 5.76. The number of likely N-dealkylation sites (tertiary alicyclic amines) is 1. The van der Waals surface area contributed by atoms with Crippen molar-refractivity contribution in [1.82, 2.24) is 14.5 Å². The van der Waals surface area contributed by atoms with E-state index >= 15 is 4.39 Å². The number of carbonyl (C=O) groups is 1. The van der Waals surface area contributed by atoms with E-state index < -0.39 is 5.67 Å². The van der Waals surface area contributed by atoms with E-state index in [0.717, 1.165) is 23.9 Å². The minimum Gasteiger partial charge on any atom is -0.396 e. The van der Waals surface area contributed by atoms with Crippen molar-refractivity contribution >= 4 is 16.9 Å². The molecule has 0 radical (unpaired) electrons. The van der Waals surface area contributed by atoms with E-state index in [9.17, 15) is 9.90 Å². The van der Waals surface area contributed by atoms with Crippen LogP contribution in [0.5, 0.6) is 0 Å². The molecule has 1 saturated heterocycles. The normalized spacial score (nSPS) is 22.0. The maximum absolute atomic E-state index is 15.7. The first kappa shape index (κ1) is 18.4. The lowest BCUT2D eigenvalue weighted by Gasteiger charge is -2.55. The molecule has 0 unspecified atom stereocenters. The molecule has 1 amide bonds. The molecule has 146 valence electrons. The summed E-state index contributed by atoms with van der Waals surface area (Å²) in [5, 5.41) is 10.4. The van der Waals surface area contributed by atoms with E-state index in [1.54, 1.807) is 0 Å². The van der Waals surface area contributed by atoms with Gasteiger partial charge in [0.05, 0.1) is 18.2 Å². The van der Waals surface area contributed by atoms with Gasteiger partial charge in [0.25, 0.3) is 0 Å². The third-order valence-electron chi connectivity index (χ3n) is 6.71. The predicted molar refractivity (Wildman–Crippen MR) is 102 cm³/mol. The van der Waals surface area contributed by atoms with Crippen molar-refractivity contribution in [1.29, 1.82) is 0 Å². The monoisotopic (exact) mass is 373 g/mol. The molecule has 1 atom stereocenters. The van der Waals surface area contributed by atoms with Gasteiger partial charge in [-0.3, -0.25) is 4.79 Å². The second kappa shape index (κ2) is 6.59. The van der Waals surface area contributed by atoms with Gasteiger partial charge in [0, 0.05) is 37.1 Å². The number of aliphatic hydroxyl groups excluding tert-OH is 1. The van der Waals surface area contributed by atoms with Gasteiger partial charge in [-0.05, 0) is 50.3 Å². The lowest BCUT2D eigenvalue weighted by atomic mass is 9.64. The third kappa shape index (κ3) is 3.04. The van der Waals surface area contributed by atoms with Crippen LogP contribution in [0.2, 0.25) is 0 Å². The third-order valence-corrected chi connectivity index (χ3v) is 6.71. The summed E-state index contributed by atoms with van der Waals surface area (Å²) >= 11 is 0. The molecular formula is C21H28FN3O2. The number of nitrogens with zero attached hydrogens (tertiary/aromatic N) is 3. The molecule has 0 aromatic carbocycles. The second-order valence-electron chi connectivity index (χ2n) is 8.48. The standard InChI is InChI=1S/C21H28FN3O2/c1-3-15(12-26)19(27)25-13-20(14-25)7-9-21(22,10-8-20)17-5-4-16-6-11-24(2)18(16)23-17/h4-6,11,15,26H,3,7-10,12-14H2,1-2H3/t15-/m1/s1. The summed E-state index contributed by atoms with van der Waals surface area (Å²) in [6.07, 6.45) is 5.05. The van der Waals surface area contributed by atoms with Crippen LogP contribution in [-0.2, 0) is 17.5 Å². The Morgan fingerprint density at radius 1 is 1.26 bits per heavy atom. The minimum absolute atomic E-state index is 0.0403. The van der Waals surface area contributed by atoms with Crippen molar-refractivity contribution in [3.8, 4) is 0 Å². The highest BCUT2D eigenvalue weighted by Gasteiger charge is 2.52. The molecule has 5 nitrogen and oxygen atoms in total. The quantitative estimate of drug-likeness (QED) is 0.896. The van der Waals surface area contributed by atoms with Gasteiger partial charge in [0.1, 0.15) is 5.65 Å². The van der Waals surface area contributed by atoms with E-state index in [2.05, 4.69) is 4.98 Å². The number of carbonyl (C=O) groups excluding carboxylic acids is 1. The molecule has 2 aromatic heterocycles. The van der Waals surface area contributed by atoms with Crippen LogP contribution >= 0.6 is 0 Å². The summed E-state index contributed by atoms with van der Waals surface area (Å²) in [4.78, 5) is 18.8. The Morgan fingerprint density at radius 2 is 1.96 bits per heavy atom. The number of aliphatic hydroxyl groups is 1. The fraction of sp³-hybridized carbons (Fsp3) is 0.619. The van der Waals surface area contributed by atoms with Crippen molar-refractivity contribution in [2.75, 3.05) is 19.7 Å². The highest BCUT2D eigenvalue weighted by Crippen LogP contribution is 2.51. The van der Waals surface area contributed by atoms with Gasteiger partial charge in [0.15, 0.2) is 5.67 Å². The predicted octanol–water partition coefficient (Wildman–Crippen LogP) is 3.16. The number of halogens is 1. The average molecular weight is 373 g/mol. The highest BCUT2D eigenvalue weighted by molar-refractivity contribution is 5.80. The molecule has 1 aliphatic carbocycles. The first-order valence-corrected chi connectivity index (χ1v) is 9.91. The average Bonchev–Trinajstić information content (AvgIpc) is 3.02. The molecule has 1 spiro atoms. The summed E-state index contributed by atoms with van der Waals surface area (Å²) in [5.41, 5.74) is 0.0179. The lowest BCUT2D eigenvalue weighted by Crippen LogP contribution is -2.61. The van der Waals surface area contributed by atoms with E-state index in [4.69, 9.17) is 0 Å². The SMILES string of the molecule is CC[C@H](CO)C(=O)N1CC2(CCC(F)(c3ccc4ccn(C)c4n3)CC2)C1. The molecule has 27 heavy (non-hydrogen) atoms. The topological polar surface area (TPSA) is 58.4 Å². The molecule has 0 bridgehead atoms.